The van der Waals surface area contributed by atoms with E-state index in [4.69, 9.17) is 16.3 Å². The Balaban J connectivity index is 2.34. The first kappa shape index (κ1) is 15.7. The number of morpholine rings is 1. The van der Waals surface area contributed by atoms with Gasteiger partial charge in [-0.2, -0.15) is 0 Å². The molecule has 1 N–H and O–H groups in total. The van der Waals surface area contributed by atoms with Crippen LogP contribution in [0.15, 0.2) is 18.2 Å². The molecule has 0 spiro atoms. The lowest BCUT2D eigenvalue weighted by Gasteiger charge is -2.36. The Labute approximate surface area is 126 Å². The molecule has 0 aliphatic carbocycles. The van der Waals surface area contributed by atoms with Crippen molar-refractivity contribution < 1.29 is 19.6 Å². The number of rotatable bonds is 3. The number of ether oxygens (including phenoxy) is 1. The van der Waals surface area contributed by atoms with Gasteiger partial charge in [-0.05, 0) is 13.0 Å². The van der Waals surface area contributed by atoms with Crippen molar-refractivity contribution in [2.45, 2.75) is 19.1 Å². The number of aliphatic hydroxyl groups excluding tert-OH is 1. The van der Waals surface area contributed by atoms with Crippen molar-refractivity contribution in [2.75, 3.05) is 19.7 Å². The van der Waals surface area contributed by atoms with Gasteiger partial charge in [0.25, 0.3) is 11.6 Å². The fourth-order valence-electron chi connectivity index (χ4n) is 2.35. The normalized spacial score (nSPS) is 22.1. The molecule has 8 heteroatoms. The molecule has 21 heavy (non-hydrogen) atoms. The Morgan fingerprint density at radius 2 is 2.29 bits per heavy atom. The van der Waals surface area contributed by atoms with E-state index in [1.807, 2.05) is 0 Å². The minimum Gasteiger partial charge on any atom is -0.394 e. The molecule has 0 radical (unpaired) electrons. The number of carbonyl (C=O) groups excluding carboxylic acids is 1. The monoisotopic (exact) mass is 314 g/mol. The maximum atomic E-state index is 12.6. The number of nitrogens with zero attached hydrogens (tertiary/aromatic N) is 2. The largest absolute Gasteiger partial charge is 0.394 e. The number of halogens is 1. The lowest BCUT2D eigenvalue weighted by atomic mass is 10.1. The fourth-order valence-corrected chi connectivity index (χ4v) is 2.60. The van der Waals surface area contributed by atoms with Gasteiger partial charge in [0.15, 0.2) is 0 Å². The Bertz CT molecular complexity index is 565. The molecular formula is C13H15ClN2O5. The number of carbonyl (C=O) groups is 1. The topological polar surface area (TPSA) is 92.9 Å². The maximum Gasteiger partial charge on any atom is 0.283 e. The summed E-state index contributed by atoms with van der Waals surface area (Å²) in [6.45, 7) is 2.00. The summed E-state index contributed by atoms with van der Waals surface area (Å²) in [5.41, 5.74) is -0.456. The molecule has 0 saturated carbocycles. The van der Waals surface area contributed by atoms with Crippen molar-refractivity contribution in [1.29, 1.82) is 0 Å². The number of benzene rings is 1. The van der Waals surface area contributed by atoms with Crippen LogP contribution in [-0.4, -0.2) is 52.7 Å². The summed E-state index contributed by atoms with van der Waals surface area (Å²) in [4.78, 5) is 24.4. The highest BCUT2D eigenvalue weighted by Gasteiger charge is 2.33. The number of hydrogen-bond donors (Lipinski definition) is 1. The van der Waals surface area contributed by atoms with Crippen LogP contribution in [0, 0.1) is 10.1 Å². The van der Waals surface area contributed by atoms with Crippen LogP contribution >= 0.6 is 11.6 Å². The highest BCUT2D eigenvalue weighted by molar-refractivity contribution is 6.34. The molecule has 0 bridgehead atoms. The van der Waals surface area contributed by atoms with Gasteiger partial charge in [-0.1, -0.05) is 17.7 Å². The average Bonchev–Trinajstić information content (AvgIpc) is 2.45. The van der Waals surface area contributed by atoms with Crippen molar-refractivity contribution in [3.05, 3.63) is 38.9 Å². The van der Waals surface area contributed by atoms with Gasteiger partial charge in [0.1, 0.15) is 5.56 Å². The molecule has 0 aromatic heterocycles. The molecule has 1 aliphatic rings. The predicted molar refractivity (Wildman–Crippen MR) is 75.4 cm³/mol. The van der Waals surface area contributed by atoms with E-state index in [1.54, 1.807) is 6.92 Å². The number of aliphatic hydroxyl groups is 1. The van der Waals surface area contributed by atoms with Crippen LogP contribution in [0.4, 0.5) is 5.69 Å². The van der Waals surface area contributed by atoms with E-state index in [0.29, 0.717) is 0 Å². The number of nitro benzene ring substituents is 1. The molecule has 7 nitrogen and oxygen atoms in total. The van der Waals surface area contributed by atoms with Gasteiger partial charge in [0.05, 0.1) is 28.8 Å². The first-order valence-corrected chi connectivity index (χ1v) is 6.80. The fraction of sp³-hybridized carbons (Fsp3) is 0.462. The van der Waals surface area contributed by atoms with Crippen LogP contribution in [0.3, 0.4) is 0 Å². The highest BCUT2D eigenvalue weighted by atomic mass is 35.5. The smallest absolute Gasteiger partial charge is 0.283 e. The zero-order valence-corrected chi connectivity index (χ0v) is 12.1. The minimum atomic E-state index is -0.632. The van der Waals surface area contributed by atoms with E-state index < -0.39 is 16.9 Å². The van der Waals surface area contributed by atoms with E-state index in [1.165, 1.54) is 23.1 Å². The number of hydrogen-bond acceptors (Lipinski definition) is 5. The van der Waals surface area contributed by atoms with Crippen molar-refractivity contribution in [2.24, 2.45) is 0 Å². The molecule has 2 unspecified atom stereocenters. The highest BCUT2D eigenvalue weighted by Crippen LogP contribution is 2.28. The van der Waals surface area contributed by atoms with E-state index in [9.17, 15) is 20.0 Å². The van der Waals surface area contributed by atoms with E-state index in [2.05, 4.69) is 0 Å². The third-order valence-electron chi connectivity index (χ3n) is 3.22. The van der Waals surface area contributed by atoms with Gasteiger partial charge >= 0.3 is 0 Å². The van der Waals surface area contributed by atoms with Crippen LogP contribution in [0.2, 0.25) is 5.02 Å². The third kappa shape index (κ3) is 3.31. The zero-order valence-electron chi connectivity index (χ0n) is 11.4. The van der Waals surface area contributed by atoms with Gasteiger partial charge in [0.2, 0.25) is 0 Å². The molecule has 114 valence electrons. The Morgan fingerprint density at radius 1 is 1.57 bits per heavy atom. The summed E-state index contributed by atoms with van der Waals surface area (Å²) in [5.74, 6) is -0.527. The van der Waals surface area contributed by atoms with Crippen molar-refractivity contribution in [3.8, 4) is 0 Å². The summed E-state index contributed by atoms with van der Waals surface area (Å²) < 4.78 is 5.45. The van der Waals surface area contributed by atoms with E-state index in [-0.39, 0.29) is 42.1 Å². The van der Waals surface area contributed by atoms with Crippen LogP contribution in [0.25, 0.3) is 0 Å². The molecule has 1 fully saturated rings. The standard InChI is InChI=1S/C13H15ClN2O5/c1-8-5-15(6-9(7-17)21-8)13(18)12-10(14)3-2-4-11(12)16(19)20/h2-4,8-9,17H,5-7H2,1H3. The zero-order chi connectivity index (χ0) is 15.6. The minimum absolute atomic E-state index is 0.0360. The van der Waals surface area contributed by atoms with Gasteiger partial charge in [-0.25, -0.2) is 0 Å². The third-order valence-corrected chi connectivity index (χ3v) is 3.53. The van der Waals surface area contributed by atoms with Crippen LogP contribution < -0.4 is 0 Å². The molecule has 2 rings (SSSR count). The van der Waals surface area contributed by atoms with Gasteiger partial charge in [0, 0.05) is 19.2 Å². The summed E-state index contributed by atoms with van der Waals surface area (Å²) in [6.07, 6.45) is -0.763. The quantitative estimate of drug-likeness (QED) is 0.673. The van der Waals surface area contributed by atoms with Crippen LogP contribution in [0.5, 0.6) is 0 Å². The molecule has 2 atom stereocenters. The number of nitro groups is 1. The summed E-state index contributed by atoms with van der Waals surface area (Å²) in [6, 6.07) is 4.11. The Hall–Kier alpha value is -1.70. The molecule has 1 amide bonds. The second-order valence-corrected chi connectivity index (χ2v) is 5.26. The molecule has 1 aromatic carbocycles. The van der Waals surface area contributed by atoms with Crippen molar-refractivity contribution >= 4 is 23.2 Å². The Kier molecular flexibility index (Phi) is 4.76. The van der Waals surface area contributed by atoms with E-state index in [0.717, 1.165) is 0 Å². The predicted octanol–water partition coefficient (Wildman–Crippen LogP) is 1.47. The summed E-state index contributed by atoms with van der Waals surface area (Å²) in [5, 5.41) is 20.3. The second-order valence-electron chi connectivity index (χ2n) is 4.85. The average molecular weight is 315 g/mol. The molecule has 1 aromatic rings. The van der Waals surface area contributed by atoms with Crippen molar-refractivity contribution in [3.63, 3.8) is 0 Å². The van der Waals surface area contributed by atoms with Gasteiger partial charge in [-0.3, -0.25) is 14.9 Å². The first-order chi connectivity index (χ1) is 9.93. The lowest BCUT2D eigenvalue weighted by Crippen LogP contribution is -2.50. The Morgan fingerprint density at radius 3 is 2.90 bits per heavy atom. The molecule has 1 saturated heterocycles. The lowest BCUT2D eigenvalue weighted by molar-refractivity contribution is -0.385. The van der Waals surface area contributed by atoms with Crippen molar-refractivity contribution in [1.82, 2.24) is 4.90 Å². The van der Waals surface area contributed by atoms with E-state index >= 15 is 0 Å². The SMILES string of the molecule is CC1CN(C(=O)c2c(Cl)cccc2[N+](=O)[O-])CC(CO)O1. The van der Waals surface area contributed by atoms with Gasteiger partial charge < -0.3 is 14.7 Å². The maximum absolute atomic E-state index is 12.6. The molecular weight excluding hydrogens is 300 g/mol. The summed E-state index contributed by atoms with van der Waals surface area (Å²) in [7, 11) is 0. The molecule has 1 heterocycles. The van der Waals surface area contributed by atoms with Gasteiger partial charge in [-0.15, -0.1) is 0 Å². The first-order valence-electron chi connectivity index (χ1n) is 6.42. The van der Waals surface area contributed by atoms with Crippen LogP contribution in [0.1, 0.15) is 17.3 Å². The molecule has 1 aliphatic heterocycles. The second kappa shape index (κ2) is 6.38. The number of amides is 1. The summed E-state index contributed by atoms with van der Waals surface area (Å²) >= 11 is 5.96. The van der Waals surface area contributed by atoms with Crippen LogP contribution in [-0.2, 0) is 4.74 Å².